The van der Waals surface area contributed by atoms with Crippen molar-refractivity contribution < 1.29 is 28.6 Å². The van der Waals surface area contributed by atoms with Gasteiger partial charge in [0.15, 0.2) is 0 Å². The maximum absolute atomic E-state index is 13.9. The number of likely N-dealkylation sites (tertiary alicyclic amines) is 1. The number of carbonyl (C=O) groups excluding carboxylic acids is 3. The van der Waals surface area contributed by atoms with Gasteiger partial charge in [-0.2, -0.15) is 0 Å². The molecule has 364 valence electrons. The Morgan fingerprint density at radius 1 is 0.603 bits per heavy atom. The van der Waals surface area contributed by atoms with Crippen LogP contribution in [0.25, 0.3) is 0 Å². The normalized spacial score (nSPS) is 19.7. The summed E-state index contributed by atoms with van der Waals surface area (Å²) in [6, 6.07) is 0. The molecule has 0 aromatic rings. The average Bonchev–Trinajstić information content (AvgIpc) is 3.64. The second-order valence-corrected chi connectivity index (χ2v) is 19.4. The molecule has 5 unspecified atom stereocenters. The smallest absolute Gasteiger partial charge is 0.309 e. The van der Waals surface area contributed by atoms with Crippen LogP contribution in [0.3, 0.4) is 0 Å². The molecule has 1 heterocycles. The Morgan fingerprint density at radius 2 is 1.16 bits per heavy atom. The minimum absolute atomic E-state index is 0.0268. The number of rotatable bonds is 39. The lowest BCUT2D eigenvalue weighted by molar-refractivity contribution is -0.158. The summed E-state index contributed by atoms with van der Waals surface area (Å²) in [5, 5.41) is 0. The van der Waals surface area contributed by atoms with Crippen molar-refractivity contribution in [2.45, 2.75) is 252 Å². The number of ether oxygens (including phenoxy) is 3. The fourth-order valence-electron chi connectivity index (χ4n) is 9.59. The second kappa shape index (κ2) is 38.8. The van der Waals surface area contributed by atoms with Gasteiger partial charge in [0.05, 0.1) is 18.4 Å². The van der Waals surface area contributed by atoms with Gasteiger partial charge in [0.25, 0.3) is 0 Å². The lowest BCUT2D eigenvalue weighted by Crippen LogP contribution is -2.36. The molecule has 0 bridgehead atoms. The van der Waals surface area contributed by atoms with Crippen molar-refractivity contribution in [2.24, 2.45) is 23.7 Å². The molecule has 63 heavy (non-hydrogen) atoms. The predicted molar refractivity (Wildman–Crippen MR) is 265 cm³/mol. The van der Waals surface area contributed by atoms with Crippen molar-refractivity contribution in [1.29, 1.82) is 0 Å². The Kier molecular flexibility index (Phi) is 35.0. The monoisotopic (exact) mass is 882 g/mol. The molecule has 2 fully saturated rings. The van der Waals surface area contributed by atoms with Crippen LogP contribution in [-0.2, 0) is 28.6 Å². The lowest BCUT2D eigenvalue weighted by atomic mass is 9.88. The highest BCUT2D eigenvalue weighted by atomic mass is 16.6. The first kappa shape index (κ1) is 56.7. The van der Waals surface area contributed by atoms with E-state index in [0.717, 1.165) is 109 Å². The van der Waals surface area contributed by atoms with Gasteiger partial charge in [0.1, 0.15) is 12.2 Å². The standard InChI is InChI=1S/C56H99NO6/c1-6-10-14-17-19-20-21-22-23-24-25-26-27-28-30-34-37-51(62-55(59)48(35-32-16-12-8-3)36-33-29-18-15-11-7-2)43-46-61-54(58)47-50-39-40-53(52(50)38-31-13-9-4)63-56(60)49-41-44-57(5)45-42-49/h13,19-20,22-23,31,48-53H,6-12,14-18,21,24-30,32-47H2,1-5H3/b20-19-,23-22-,31-13-. The molecule has 0 aromatic carbocycles. The van der Waals surface area contributed by atoms with Crippen LogP contribution in [0.5, 0.6) is 0 Å². The first-order chi connectivity index (χ1) is 30.8. The Hall–Kier alpha value is -2.41. The van der Waals surface area contributed by atoms with Gasteiger partial charge in [0.2, 0.25) is 0 Å². The maximum atomic E-state index is 13.9. The molecule has 0 N–H and O–H groups in total. The molecule has 2 aliphatic rings. The first-order valence-corrected chi connectivity index (χ1v) is 27.0. The highest BCUT2D eigenvalue weighted by molar-refractivity contribution is 5.73. The van der Waals surface area contributed by atoms with Gasteiger partial charge >= 0.3 is 17.9 Å². The van der Waals surface area contributed by atoms with Gasteiger partial charge in [-0.1, -0.05) is 167 Å². The molecule has 0 spiro atoms. The zero-order valence-electron chi connectivity index (χ0n) is 41.8. The highest BCUT2D eigenvalue weighted by Gasteiger charge is 2.40. The van der Waals surface area contributed by atoms with E-state index in [1.165, 1.54) is 103 Å². The number of hydrogen-bond acceptors (Lipinski definition) is 7. The van der Waals surface area contributed by atoms with E-state index in [2.05, 4.69) is 76.1 Å². The third-order valence-electron chi connectivity index (χ3n) is 13.8. The molecule has 0 amide bonds. The van der Waals surface area contributed by atoms with E-state index in [1.807, 2.05) is 0 Å². The zero-order chi connectivity index (χ0) is 45.6. The summed E-state index contributed by atoms with van der Waals surface area (Å²) < 4.78 is 18.5. The highest BCUT2D eigenvalue weighted by Crippen LogP contribution is 2.40. The molecular weight excluding hydrogens is 783 g/mol. The Balaban J connectivity index is 1.93. The van der Waals surface area contributed by atoms with Crippen molar-refractivity contribution in [3.8, 4) is 0 Å². The van der Waals surface area contributed by atoms with Gasteiger partial charge in [-0.05, 0) is 122 Å². The lowest BCUT2D eigenvalue weighted by Gasteiger charge is -2.30. The zero-order valence-corrected chi connectivity index (χ0v) is 41.8. The molecule has 0 aromatic heterocycles. The summed E-state index contributed by atoms with van der Waals surface area (Å²) in [6.45, 7) is 11.0. The topological polar surface area (TPSA) is 82.1 Å². The van der Waals surface area contributed by atoms with E-state index in [-0.39, 0.29) is 60.4 Å². The Morgan fingerprint density at radius 3 is 1.79 bits per heavy atom. The second-order valence-electron chi connectivity index (χ2n) is 19.4. The minimum atomic E-state index is -0.236. The van der Waals surface area contributed by atoms with Crippen molar-refractivity contribution >= 4 is 17.9 Å². The first-order valence-electron chi connectivity index (χ1n) is 27.0. The molecule has 7 heteroatoms. The molecular formula is C56H99NO6. The number of piperidine rings is 1. The quantitative estimate of drug-likeness (QED) is 0.0263. The minimum Gasteiger partial charge on any atom is -0.466 e. The van der Waals surface area contributed by atoms with Crippen molar-refractivity contribution in [3.05, 3.63) is 36.5 Å². The van der Waals surface area contributed by atoms with E-state index < -0.39 is 0 Å². The van der Waals surface area contributed by atoms with Gasteiger partial charge in [0, 0.05) is 18.8 Å². The van der Waals surface area contributed by atoms with E-state index in [0.29, 0.717) is 12.8 Å². The Bertz CT molecular complexity index is 1220. The average molecular weight is 882 g/mol. The summed E-state index contributed by atoms with van der Waals surface area (Å²) in [5.74, 6) is -0.117. The van der Waals surface area contributed by atoms with Crippen LogP contribution < -0.4 is 0 Å². The Labute approximate surface area is 388 Å². The summed E-state index contributed by atoms with van der Waals surface area (Å²) in [6.07, 6.45) is 48.2. The molecule has 1 aliphatic heterocycles. The SMILES string of the molecule is CC/C=C\CC1C(CC(=O)OCCC(CCCCCCCC/C=C\C/C=C\CCCCC)OC(=O)C(CCCCCC)CCCCCCCC)CCC1OC(=O)C1CCN(C)CC1. The number of carbonyl (C=O) groups is 3. The molecule has 1 aliphatic carbocycles. The van der Waals surface area contributed by atoms with Crippen molar-refractivity contribution in [3.63, 3.8) is 0 Å². The van der Waals surface area contributed by atoms with Gasteiger partial charge in [-0.25, -0.2) is 0 Å². The fourth-order valence-corrected chi connectivity index (χ4v) is 9.59. The predicted octanol–water partition coefficient (Wildman–Crippen LogP) is 15.4. The molecule has 7 nitrogen and oxygen atoms in total. The van der Waals surface area contributed by atoms with Crippen LogP contribution >= 0.6 is 0 Å². The van der Waals surface area contributed by atoms with Crippen LogP contribution in [-0.4, -0.2) is 61.8 Å². The third-order valence-corrected chi connectivity index (χ3v) is 13.8. The largest absolute Gasteiger partial charge is 0.466 e. The molecule has 5 atom stereocenters. The number of hydrogen-bond donors (Lipinski definition) is 0. The van der Waals surface area contributed by atoms with E-state index in [4.69, 9.17) is 14.2 Å². The number of esters is 3. The van der Waals surface area contributed by atoms with Crippen molar-refractivity contribution in [1.82, 2.24) is 4.90 Å². The van der Waals surface area contributed by atoms with Crippen LogP contribution in [0.15, 0.2) is 36.5 Å². The van der Waals surface area contributed by atoms with Gasteiger partial charge < -0.3 is 19.1 Å². The van der Waals surface area contributed by atoms with Gasteiger partial charge in [-0.15, -0.1) is 0 Å². The number of nitrogens with zero attached hydrogens (tertiary/aromatic N) is 1. The fraction of sp³-hybridized carbons (Fsp3) is 0.839. The van der Waals surface area contributed by atoms with Crippen molar-refractivity contribution in [2.75, 3.05) is 26.7 Å². The van der Waals surface area contributed by atoms with Crippen LogP contribution in [0, 0.1) is 23.7 Å². The van der Waals surface area contributed by atoms with Crippen LogP contribution in [0.2, 0.25) is 0 Å². The van der Waals surface area contributed by atoms with Crippen LogP contribution in [0.1, 0.15) is 240 Å². The molecule has 2 rings (SSSR count). The third kappa shape index (κ3) is 28.3. The maximum Gasteiger partial charge on any atom is 0.309 e. The van der Waals surface area contributed by atoms with Crippen LogP contribution in [0.4, 0.5) is 0 Å². The van der Waals surface area contributed by atoms with E-state index in [1.54, 1.807) is 0 Å². The summed E-state index contributed by atoms with van der Waals surface area (Å²) in [5.41, 5.74) is 0. The van der Waals surface area contributed by atoms with E-state index in [9.17, 15) is 14.4 Å². The number of unbranched alkanes of at least 4 members (excludes halogenated alkanes) is 17. The summed E-state index contributed by atoms with van der Waals surface area (Å²) in [4.78, 5) is 42.8. The molecule has 1 saturated carbocycles. The van der Waals surface area contributed by atoms with E-state index >= 15 is 0 Å². The van der Waals surface area contributed by atoms with Gasteiger partial charge in [-0.3, -0.25) is 14.4 Å². The summed E-state index contributed by atoms with van der Waals surface area (Å²) in [7, 11) is 2.11. The summed E-state index contributed by atoms with van der Waals surface area (Å²) >= 11 is 0. The molecule has 0 radical (unpaired) electrons. The number of allylic oxidation sites excluding steroid dienone is 6. The molecule has 1 saturated heterocycles.